The number of hydrogen-bond acceptors (Lipinski definition) is 4. The quantitative estimate of drug-likeness (QED) is 0.805. The summed E-state index contributed by atoms with van der Waals surface area (Å²) in [7, 11) is -3.21. The summed E-state index contributed by atoms with van der Waals surface area (Å²) in [4.78, 5) is 14.7. The summed E-state index contributed by atoms with van der Waals surface area (Å²) in [6, 6.07) is 17.0. The van der Waals surface area contributed by atoms with E-state index in [0.29, 0.717) is 17.9 Å². The molecule has 1 atom stereocenters. The number of carbonyl (C=O) groups is 1. The molecule has 4 nitrogen and oxygen atoms in total. The van der Waals surface area contributed by atoms with E-state index in [9.17, 15) is 13.2 Å². The Balaban J connectivity index is 1.78. The Kier molecular flexibility index (Phi) is 5.49. The number of benzene rings is 2. The van der Waals surface area contributed by atoms with Crippen LogP contribution in [0.2, 0.25) is 0 Å². The lowest BCUT2D eigenvalue weighted by Gasteiger charge is -2.35. The third-order valence-electron chi connectivity index (χ3n) is 4.27. The molecular weight excluding hydrogens is 354 g/mol. The summed E-state index contributed by atoms with van der Waals surface area (Å²) in [5.41, 5.74) is 2.18. The standard InChI is InChI=1S/C19H21NO3S2/c1-25(22,23)17-9-7-16(8-10-17)19-20(18(21)12-14-24-19)13-11-15-5-3-2-4-6-15/h2-10,19H,11-14H2,1H3. The highest BCUT2D eigenvalue weighted by Crippen LogP contribution is 2.37. The van der Waals surface area contributed by atoms with E-state index in [2.05, 4.69) is 12.1 Å². The molecule has 0 bridgehead atoms. The molecule has 6 heteroatoms. The predicted octanol–water partition coefficient (Wildman–Crippen LogP) is 3.30. The van der Waals surface area contributed by atoms with Crippen LogP contribution in [0.15, 0.2) is 59.5 Å². The smallest absolute Gasteiger partial charge is 0.224 e. The van der Waals surface area contributed by atoms with Gasteiger partial charge in [0.05, 0.1) is 4.90 Å². The van der Waals surface area contributed by atoms with Crippen LogP contribution in [0.1, 0.15) is 22.9 Å². The first-order chi connectivity index (χ1) is 11.9. The minimum atomic E-state index is -3.21. The molecule has 132 valence electrons. The van der Waals surface area contributed by atoms with Gasteiger partial charge in [-0.15, -0.1) is 11.8 Å². The van der Waals surface area contributed by atoms with Crippen LogP contribution in [0.25, 0.3) is 0 Å². The van der Waals surface area contributed by atoms with Crippen molar-refractivity contribution in [3.8, 4) is 0 Å². The molecule has 2 aromatic carbocycles. The number of hydrogen-bond donors (Lipinski definition) is 0. The molecule has 0 spiro atoms. The summed E-state index contributed by atoms with van der Waals surface area (Å²) >= 11 is 1.73. The van der Waals surface area contributed by atoms with Gasteiger partial charge in [0.2, 0.25) is 5.91 Å². The minimum absolute atomic E-state index is 0.0569. The van der Waals surface area contributed by atoms with Gasteiger partial charge in [-0.1, -0.05) is 42.5 Å². The molecule has 1 heterocycles. The second-order valence-corrected chi connectivity index (χ2v) is 9.34. The van der Waals surface area contributed by atoms with E-state index in [4.69, 9.17) is 0 Å². The topological polar surface area (TPSA) is 54.5 Å². The summed E-state index contributed by atoms with van der Waals surface area (Å²) in [5, 5.41) is -0.0569. The van der Waals surface area contributed by atoms with Gasteiger partial charge in [0.25, 0.3) is 0 Å². The molecule has 25 heavy (non-hydrogen) atoms. The molecule has 0 aliphatic carbocycles. The van der Waals surface area contributed by atoms with Crippen molar-refractivity contribution in [2.24, 2.45) is 0 Å². The minimum Gasteiger partial charge on any atom is -0.326 e. The molecule has 3 rings (SSSR count). The third-order valence-corrected chi connectivity index (χ3v) is 6.68. The van der Waals surface area contributed by atoms with E-state index in [0.717, 1.165) is 17.7 Å². The largest absolute Gasteiger partial charge is 0.326 e. The summed E-state index contributed by atoms with van der Waals surface area (Å²) < 4.78 is 23.3. The highest BCUT2D eigenvalue weighted by atomic mass is 32.2. The average Bonchev–Trinajstić information content (AvgIpc) is 2.61. The molecular formula is C19H21NO3S2. The van der Waals surface area contributed by atoms with Crippen molar-refractivity contribution in [3.05, 3.63) is 65.7 Å². The predicted molar refractivity (Wildman–Crippen MR) is 101 cm³/mol. The first kappa shape index (κ1) is 18.0. The highest BCUT2D eigenvalue weighted by Gasteiger charge is 2.29. The molecule has 1 aliphatic rings. The van der Waals surface area contributed by atoms with E-state index in [1.807, 2.05) is 35.2 Å². The Bertz CT molecular complexity index is 833. The van der Waals surface area contributed by atoms with Gasteiger partial charge in [0, 0.05) is 25.0 Å². The Labute approximate surface area is 153 Å². The molecule has 1 saturated heterocycles. The number of thioether (sulfide) groups is 1. The van der Waals surface area contributed by atoms with Crippen LogP contribution in [0.3, 0.4) is 0 Å². The van der Waals surface area contributed by atoms with Crippen molar-refractivity contribution in [2.45, 2.75) is 23.1 Å². The molecule has 0 N–H and O–H groups in total. The maximum absolute atomic E-state index is 12.4. The van der Waals surface area contributed by atoms with Crippen LogP contribution in [-0.4, -0.2) is 37.8 Å². The molecule has 0 radical (unpaired) electrons. The molecule has 2 aromatic rings. The second-order valence-electron chi connectivity index (χ2n) is 6.14. The molecule has 1 aliphatic heterocycles. The SMILES string of the molecule is CS(=O)(=O)c1ccc(C2SCCC(=O)N2CCc2ccccc2)cc1. The summed E-state index contributed by atoms with van der Waals surface area (Å²) in [5.74, 6) is 0.950. The average molecular weight is 376 g/mol. The Morgan fingerprint density at radius 3 is 2.40 bits per heavy atom. The van der Waals surface area contributed by atoms with Crippen molar-refractivity contribution in [1.82, 2.24) is 4.90 Å². The maximum atomic E-state index is 12.4. The van der Waals surface area contributed by atoms with E-state index >= 15 is 0 Å². The lowest BCUT2D eigenvalue weighted by Crippen LogP contribution is -2.38. The number of nitrogens with zero attached hydrogens (tertiary/aromatic N) is 1. The fourth-order valence-electron chi connectivity index (χ4n) is 2.91. The van der Waals surface area contributed by atoms with Crippen molar-refractivity contribution >= 4 is 27.5 Å². The normalized spacial score (nSPS) is 18.4. The zero-order valence-corrected chi connectivity index (χ0v) is 15.7. The van der Waals surface area contributed by atoms with Gasteiger partial charge in [-0.25, -0.2) is 8.42 Å². The summed E-state index contributed by atoms with van der Waals surface area (Å²) in [6.07, 6.45) is 2.56. The number of carbonyl (C=O) groups excluding carboxylic acids is 1. The van der Waals surface area contributed by atoms with E-state index < -0.39 is 9.84 Å². The van der Waals surface area contributed by atoms with Crippen LogP contribution in [-0.2, 0) is 21.1 Å². The second kappa shape index (κ2) is 7.62. The van der Waals surface area contributed by atoms with Gasteiger partial charge in [-0.2, -0.15) is 0 Å². The van der Waals surface area contributed by atoms with E-state index in [-0.39, 0.29) is 11.3 Å². The maximum Gasteiger partial charge on any atom is 0.224 e. The van der Waals surface area contributed by atoms with Crippen molar-refractivity contribution in [2.75, 3.05) is 18.6 Å². The zero-order chi connectivity index (χ0) is 17.9. The Morgan fingerprint density at radius 1 is 1.08 bits per heavy atom. The van der Waals surface area contributed by atoms with Crippen LogP contribution in [0, 0.1) is 0 Å². The van der Waals surface area contributed by atoms with Gasteiger partial charge < -0.3 is 4.90 Å². The fraction of sp³-hybridized carbons (Fsp3) is 0.316. The molecule has 1 unspecified atom stereocenters. The molecule has 0 aromatic heterocycles. The lowest BCUT2D eigenvalue weighted by atomic mass is 10.1. The third kappa shape index (κ3) is 4.44. The van der Waals surface area contributed by atoms with E-state index in [1.54, 1.807) is 23.9 Å². The van der Waals surface area contributed by atoms with Gasteiger partial charge in [0.15, 0.2) is 9.84 Å². The van der Waals surface area contributed by atoms with Crippen LogP contribution in [0.5, 0.6) is 0 Å². The number of amides is 1. The molecule has 1 amide bonds. The first-order valence-corrected chi connectivity index (χ1v) is 11.1. The molecule has 0 saturated carbocycles. The monoisotopic (exact) mass is 375 g/mol. The number of sulfone groups is 1. The van der Waals surface area contributed by atoms with Crippen LogP contribution < -0.4 is 0 Å². The lowest BCUT2D eigenvalue weighted by molar-refractivity contribution is -0.132. The van der Waals surface area contributed by atoms with Crippen molar-refractivity contribution < 1.29 is 13.2 Å². The number of rotatable bonds is 5. The Morgan fingerprint density at radius 2 is 1.76 bits per heavy atom. The van der Waals surface area contributed by atoms with Gasteiger partial charge in [0.1, 0.15) is 5.37 Å². The summed E-state index contributed by atoms with van der Waals surface area (Å²) in [6.45, 7) is 0.661. The Hall–Kier alpha value is -1.79. The van der Waals surface area contributed by atoms with Crippen molar-refractivity contribution in [1.29, 1.82) is 0 Å². The van der Waals surface area contributed by atoms with Gasteiger partial charge in [-0.05, 0) is 29.7 Å². The first-order valence-electron chi connectivity index (χ1n) is 8.20. The molecule has 1 fully saturated rings. The van der Waals surface area contributed by atoms with Crippen LogP contribution in [0.4, 0.5) is 0 Å². The fourth-order valence-corrected chi connectivity index (χ4v) is 4.81. The highest BCUT2D eigenvalue weighted by molar-refractivity contribution is 7.99. The zero-order valence-electron chi connectivity index (χ0n) is 14.1. The van der Waals surface area contributed by atoms with Gasteiger partial charge in [-0.3, -0.25) is 4.79 Å². The van der Waals surface area contributed by atoms with Crippen molar-refractivity contribution in [3.63, 3.8) is 0 Å². The van der Waals surface area contributed by atoms with E-state index in [1.165, 1.54) is 11.8 Å². The van der Waals surface area contributed by atoms with Crippen LogP contribution >= 0.6 is 11.8 Å². The van der Waals surface area contributed by atoms with Gasteiger partial charge >= 0.3 is 0 Å².